The van der Waals surface area contributed by atoms with E-state index in [1.807, 2.05) is 0 Å². The van der Waals surface area contributed by atoms with Crippen molar-refractivity contribution in [2.75, 3.05) is 0 Å². The molecule has 6 nitrogen and oxygen atoms in total. The van der Waals surface area contributed by atoms with Crippen molar-refractivity contribution >= 4 is 11.2 Å². The molecular formula is C19H16F3N5O. The molecule has 0 unspecified atom stereocenters. The number of halogens is 3. The van der Waals surface area contributed by atoms with E-state index in [2.05, 4.69) is 21.1 Å². The number of phenols is 1. The van der Waals surface area contributed by atoms with Gasteiger partial charge in [-0.1, -0.05) is 0 Å². The molecule has 28 heavy (non-hydrogen) atoms. The molecule has 3 aromatic rings. The van der Waals surface area contributed by atoms with Crippen LogP contribution in [-0.2, 0) is 6.18 Å². The lowest BCUT2D eigenvalue weighted by atomic mass is 10.0. The first kappa shape index (κ1) is 18.2. The normalized spacial score (nSPS) is 19.8. The third-order valence-electron chi connectivity index (χ3n) is 5.11. The van der Waals surface area contributed by atoms with Gasteiger partial charge in [-0.05, 0) is 43.9 Å². The number of fused-ring (bicyclic) bond motifs is 1. The number of aromatic nitrogens is 4. The molecule has 2 atom stereocenters. The molecular weight excluding hydrogens is 371 g/mol. The lowest BCUT2D eigenvalue weighted by molar-refractivity contribution is -0.137. The van der Waals surface area contributed by atoms with Gasteiger partial charge in [0.1, 0.15) is 11.3 Å². The van der Waals surface area contributed by atoms with Crippen LogP contribution in [0.1, 0.15) is 36.4 Å². The summed E-state index contributed by atoms with van der Waals surface area (Å²) in [5, 5.41) is 23.7. The number of aromatic hydroxyl groups is 1. The minimum atomic E-state index is -4.54. The van der Waals surface area contributed by atoms with Crippen LogP contribution in [0.4, 0.5) is 13.2 Å². The van der Waals surface area contributed by atoms with E-state index in [1.165, 1.54) is 13.1 Å². The average molecular weight is 387 g/mol. The Morgan fingerprint density at radius 1 is 1.29 bits per heavy atom. The summed E-state index contributed by atoms with van der Waals surface area (Å²) in [4.78, 5) is 8.69. The van der Waals surface area contributed by atoms with E-state index >= 15 is 0 Å². The highest BCUT2D eigenvalue weighted by atomic mass is 19.4. The summed E-state index contributed by atoms with van der Waals surface area (Å²) in [6, 6.07) is 4.04. The molecule has 2 aromatic heterocycles. The molecule has 1 aromatic carbocycles. The van der Waals surface area contributed by atoms with E-state index in [1.54, 1.807) is 10.9 Å². The monoisotopic (exact) mass is 387 g/mol. The second-order valence-corrected chi connectivity index (χ2v) is 7.05. The molecule has 9 heteroatoms. The van der Waals surface area contributed by atoms with Gasteiger partial charge in [0.25, 0.3) is 0 Å². The van der Waals surface area contributed by atoms with Crippen LogP contribution in [0.15, 0.2) is 24.5 Å². The molecule has 0 amide bonds. The molecule has 1 aliphatic carbocycles. The predicted octanol–water partition coefficient (Wildman–Crippen LogP) is 4.39. The molecule has 4 rings (SSSR count). The lowest BCUT2D eigenvalue weighted by Gasteiger charge is -2.12. The smallest absolute Gasteiger partial charge is 0.416 e. The Balaban J connectivity index is 1.72. The first-order chi connectivity index (χ1) is 13.3. The van der Waals surface area contributed by atoms with Crippen molar-refractivity contribution in [3.05, 3.63) is 35.7 Å². The fraction of sp³-hybridized carbons (Fsp3) is 0.368. The molecule has 0 aliphatic heterocycles. The van der Waals surface area contributed by atoms with Crippen molar-refractivity contribution in [3.8, 4) is 23.1 Å². The summed E-state index contributed by atoms with van der Waals surface area (Å²) < 4.78 is 40.5. The Labute approximate surface area is 158 Å². The van der Waals surface area contributed by atoms with Crippen LogP contribution in [-0.4, -0.2) is 24.9 Å². The maximum Gasteiger partial charge on any atom is 0.416 e. The third kappa shape index (κ3) is 3.15. The van der Waals surface area contributed by atoms with Crippen molar-refractivity contribution in [2.45, 2.75) is 38.4 Å². The summed E-state index contributed by atoms with van der Waals surface area (Å²) >= 11 is 0. The van der Waals surface area contributed by atoms with Gasteiger partial charge >= 0.3 is 6.18 Å². The van der Waals surface area contributed by atoms with Gasteiger partial charge in [-0.15, -0.1) is 0 Å². The van der Waals surface area contributed by atoms with E-state index in [0.29, 0.717) is 17.2 Å². The van der Waals surface area contributed by atoms with E-state index in [-0.39, 0.29) is 28.8 Å². The Morgan fingerprint density at radius 3 is 2.71 bits per heavy atom. The van der Waals surface area contributed by atoms with Crippen LogP contribution >= 0.6 is 0 Å². The van der Waals surface area contributed by atoms with E-state index in [0.717, 1.165) is 25.3 Å². The van der Waals surface area contributed by atoms with Crippen LogP contribution in [0.2, 0.25) is 0 Å². The molecule has 0 bridgehead atoms. The number of nitrogens with zero attached hydrogens (tertiary/aromatic N) is 5. The largest absolute Gasteiger partial charge is 0.507 e. The number of hydrogen-bond donors (Lipinski definition) is 1. The van der Waals surface area contributed by atoms with Gasteiger partial charge in [0.05, 0.1) is 35.8 Å². The number of hydrogen-bond acceptors (Lipinski definition) is 5. The van der Waals surface area contributed by atoms with Gasteiger partial charge in [-0.2, -0.15) is 23.5 Å². The maximum absolute atomic E-state index is 12.9. The first-order valence-corrected chi connectivity index (χ1v) is 8.79. The van der Waals surface area contributed by atoms with Crippen LogP contribution in [0.25, 0.3) is 22.4 Å². The van der Waals surface area contributed by atoms with E-state index in [9.17, 15) is 18.3 Å². The quantitative estimate of drug-likeness (QED) is 0.705. The zero-order valence-electron chi connectivity index (χ0n) is 14.9. The Hall–Kier alpha value is -3.15. The number of aryl methyl sites for hydroxylation is 1. The highest BCUT2D eigenvalue weighted by molar-refractivity contribution is 5.77. The van der Waals surface area contributed by atoms with Crippen LogP contribution < -0.4 is 0 Å². The molecule has 1 fully saturated rings. The van der Waals surface area contributed by atoms with Crippen LogP contribution in [0, 0.1) is 24.2 Å². The average Bonchev–Trinajstić information content (AvgIpc) is 3.26. The SMILES string of the molecule is Cc1cc(C(F)(F)F)cc(O)c1-c1cnc2cn([C@@H]3CC[C@H](C#N)C3)nc2n1. The molecule has 1 saturated carbocycles. The van der Waals surface area contributed by atoms with E-state index < -0.39 is 17.5 Å². The molecule has 144 valence electrons. The molecule has 2 heterocycles. The summed E-state index contributed by atoms with van der Waals surface area (Å²) in [7, 11) is 0. The minimum Gasteiger partial charge on any atom is -0.507 e. The van der Waals surface area contributed by atoms with Crippen LogP contribution in [0.5, 0.6) is 5.75 Å². The Kier molecular flexibility index (Phi) is 4.22. The first-order valence-electron chi connectivity index (χ1n) is 8.79. The standard InChI is InChI=1S/C19H16F3N5O/c1-10-4-12(19(20,21)22)6-16(28)17(10)14-8-24-15-9-27(26-18(15)25-14)13-3-2-11(5-13)7-23/h4,6,8-9,11,13,28H,2-3,5H2,1H3/t11-,13+/m0/s1. The molecule has 1 N–H and O–H groups in total. The van der Waals surface area contributed by atoms with Gasteiger partial charge in [0.15, 0.2) is 5.65 Å². The van der Waals surface area contributed by atoms with Crippen molar-refractivity contribution in [1.29, 1.82) is 5.26 Å². The Bertz CT molecular complexity index is 1080. The van der Waals surface area contributed by atoms with Crippen molar-refractivity contribution in [1.82, 2.24) is 19.7 Å². The van der Waals surface area contributed by atoms with Gasteiger partial charge in [-0.3, -0.25) is 4.68 Å². The van der Waals surface area contributed by atoms with Crippen molar-refractivity contribution in [2.24, 2.45) is 5.92 Å². The lowest BCUT2D eigenvalue weighted by Crippen LogP contribution is -2.06. The molecule has 1 aliphatic rings. The topological polar surface area (TPSA) is 87.6 Å². The Morgan fingerprint density at radius 2 is 2.07 bits per heavy atom. The van der Waals surface area contributed by atoms with Gasteiger partial charge in [0.2, 0.25) is 0 Å². The number of nitriles is 1. The number of phenolic OH excluding ortho intramolecular Hbond substituents is 1. The van der Waals surface area contributed by atoms with E-state index in [4.69, 9.17) is 5.26 Å². The predicted molar refractivity (Wildman–Crippen MR) is 94.2 cm³/mol. The number of alkyl halides is 3. The van der Waals surface area contributed by atoms with Crippen LogP contribution in [0.3, 0.4) is 0 Å². The number of rotatable bonds is 2. The second-order valence-electron chi connectivity index (χ2n) is 7.05. The molecule has 0 radical (unpaired) electrons. The zero-order chi connectivity index (χ0) is 20.1. The summed E-state index contributed by atoms with van der Waals surface area (Å²) in [5.74, 6) is -0.492. The highest BCUT2D eigenvalue weighted by Crippen LogP contribution is 2.39. The summed E-state index contributed by atoms with van der Waals surface area (Å²) in [5.41, 5.74) is 0.667. The fourth-order valence-electron chi connectivity index (χ4n) is 3.71. The maximum atomic E-state index is 12.9. The van der Waals surface area contributed by atoms with Crippen molar-refractivity contribution < 1.29 is 18.3 Å². The number of benzene rings is 1. The summed E-state index contributed by atoms with van der Waals surface area (Å²) in [6.45, 7) is 1.48. The minimum absolute atomic E-state index is 0.0144. The van der Waals surface area contributed by atoms with Gasteiger partial charge in [0, 0.05) is 11.5 Å². The zero-order valence-corrected chi connectivity index (χ0v) is 14.9. The molecule has 0 saturated heterocycles. The van der Waals surface area contributed by atoms with Crippen molar-refractivity contribution in [3.63, 3.8) is 0 Å². The highest BCUT2D eigenvalue weighted by Gasteiger charge is 2.32. The third-order valence-corrected chi connectivity index (χ3v) is 5.11. The second kappa shape index (κ2) is 6.48. The van der Waals surface area contributed by atoms with Gasteiger partial charge in [-0.25, -0.2) is 9.97 Å². The fourth-order valence-corrected chi connectivity index (χ4v) is 3.71. The van der Waals surface area contributed by atoms with Gasteiger partial charge < -0.3 is 5.11 Å². The summed E-state index contributed by atoms with van der Waals surface area (Å²) in [6.07, 6.45) is 1.01. The molecule has 0 spiro atoms.